The largest absolute Gasteiger partial charge is 0.506 e. The fourth-order valence-electron chi connectivity index (χ4n) is 2.85. The molecule has 1 heterocycles. The van der Waals surface area contributed by atoms with E-state index >= 15 is 0 Å². The molecule has 0 aromatic heterocycles. The molecular weight excluding hydrogens is 274 g/mol. The summed E-state index contributed by atoms with van der Waals surface area (Å²) in [6, 6.07) is 11.2. The zero-order valence-corrected chi connectivity index (χ0v) is 11.8. The van der Waals surface area contributed by atoms with Crippen molar-refractivity contribution >= 4 is 28.3 Å². The summed E-state index contributed by atoms with van der Waals surface area (Å²) >= 11 is 5.91. The Hall–Kier alpha value is -1.74. The van der Waals surface area contributed by atoms with E-state index in [0.29, 0.717) is 23.4 Å². The molecule has 1 aliphatic rings. The predicted octanol–water partition coefficient (Wildman–Crippen LogP) is 3.39. The Morgan fingerprint density at radius 3 is 2.90 bits per heavy atom. The van der Waals surface area contributed by atoms with Gasteiger partial charge in [-0.1, -0.05) is 30.3 Å². The van der Waals surface area contributed by atoms with Crippen molar-refractivity contribution in [2.24, 2.45) is 0 Å². The van der Waals surface area contributed by atoms with Gasteiger partial charge in [0.15, 0.2) is 0 Å². The highest BCUT2D eigenvalue weighted by Gasteiger charge is 2.30. The van der Waals surface area contributed by atoms with E-state index in [-0.39, 0.29) is 17.7 Å². The van der Waals surface area contributed by atoms with Crippen molar-refractivity contribution in [1.29, 1.82) is 0 Å². The van der Waals surface area contributed by atoms with Crippen LogP contribution in [0.3, 0.4) is 0 Å². The quantitative estimate of drug-likeness (QED) is 0.861. The molecular formula is C16H16ClNO2. The van der Waals surface area contributed by atoms with Crippen molar-refractivity contribution in [2.45, 2.75) is 18.9 Å². The molecule has 0 aliphatic carbocycles. The maximum atomic E-state index is 12.6. The van der Waals surface area contributed by atoms with Gasteiger partial charge in [0.1, 0.15) is 5.75 Å². The smallest absolute Gasteiger partial charge is 0.257 e. The number of likely N-dealkylation sites (tertiary alicyclic amines) is 1. The first-order valence-electron chi connectivity index (χ1n) is 6.80. The first-order valence-corrected chi connectivity index (χ1v) is 7.33. The molecule has 1 aliphatic heterocycles. The molecule has 2 aromatic carbocycles. The van der Waals surface area contributed by atoms with Crippen LogP contribution in [0.4, 0.5) is 0 Å². The average Bonchev–Trinajstić information content (AvgIpc) is 2.96. The lowest BCUT2D eigenvalue weighted by Crippen LogP contribution is -2.36. The third-order valence-electron chi connectivity index (χ3n) is 3.95. The molecule has 3 rings (SSSR count). The summed E-state index contributed by atoms with van der Waals surface area (Å²) in [4.78, 5) is 14.4. The van der Waals surface area contributed by atoms with Crippen LogP contribution in [0.25, 0.3) is 10.8 Å². The number of nitrogens with zero attached hydrogens (tertiary/aromatic N) is 1. The second-order valence-electron chi connectivity index (χ2n) is 5.13. The van der Waals surface area contributed by atoms with Gasteiger partial charge in [-0.05, 0) is 24.3 Å². The fourth-order valence-corrected chi connectivity index (χ4v) is 3.17. The van der Waals surface area contributed by atoms with Gasteiger partial charge in [-0.2, -0.15) is 0 Å². The number of hydrogen-bond acceptors (Lipinski definition) is 2. The summed E-state index contributed by atoms with van der Waals surface area (Å²) in [6.45, 7) is 0.711. The van der Waals surface area contributed by atoms with E-state index in [1.807, 2.05) is 30.3 Å². The molecule has 1 fully saturated rings. The molecule has 1 saturated heterocycles. The van der Waals surface area contributed by atoms with Crippen molar-refractivity contribution in [3.63, 3.8) is 0 Å². The van der Waals surface area contributed by atoms with Gasteiger partial charge in [0, 0.05) is 23.9 Å². The van der Waals surface area contributed by atoms with E-state index in [0.717, 1.165) is 18.2 Å². The Balaban J connectivity index is 2.01. The summed E-state index contributed by atoms with van der Waals surface area (Å²) in [5.41, 5.74) is 0.362. The molecule has 1 N–H and O–H groups in total. The number of aromatic hydroxyl groups is 1. The minimum absolute atomic E-state index is 0.0633. The molecule has 20 heavy (non-hydrogen) atoms. The molecule has 104 valence electrons. The molecule has 0 radical (unpaired) electrons. The van der Waals surface area contributed by atoms with Crippen LogP contribution in [-0.2, 0) is 0 Å². The Labute approximate surface area is 122 Å². The molecule has 1 amide bonds. The Kier molecular flexibility index (Phi) is 3.53. The van der Waals surface area contributed by atoms with Gasteiger partial charge in [-0.3, -0.25) is 4.79 Å². The number of fused-ring (bicyclic) bond motifs is 1. The Morgan fingerprint density at radius 2 is 2.10 bits per heavy atom. The summed E-state index contributed by atoms with van der Waals surface area (Å²) in [6.07, 6.45) is 1.90. The summed E-state index contributed by atoms with van der Waals surface area (Å²) < 4.78 is 0. The third-order valence-corrected chi connectivity index (χ3v) is 4.30. The van der Waals surface area contributed by atoms with E-state index in [4.69, 9.17) is 11.6 Å². The topological polar surface area (TPSA) is 40.5 Å². The van der Waals surface area contributed by atoms with E-state index in [1.165, 1.54) is 0 Å². The number of amides is 1. The molecule has 0 bridgehead atoms. The van der Waals surface area contributed by atoms with Crippen molar-refractivity contribution in [1.82, 2.24) is 4.90 Å². The highest BCUT2D eigenvalue weighted by molar-refractivity contribution is 6.18. The molecule has 0 saturated carbocycles. The van der Waals surface area contributed by atoms with E-state index in [9.17, 15) is 9.90 Å². The number of hydrogen-bond donors (Lipinski definition) is 1. The Bertz CT molecular complexity index is 656. The van der Waals surface area contributed by atoms with Gasteiger partial charge < -0.3 is 10.0 Å². The standard InChI is InChI=1S/C16H16ClNO2/c17-10-12-5-3-9-18(12)16(20)14-8-7-11-4-1-2-6-13(11)15(14)19/h1-2,4,6-8,12,19H,3,5,9-10H2. The lowest BCUT2D eigenvalue weighted by atomic mass is 10.0. The normalized spacial score (nSPS) is 18.6. The van der Waals surface area contributed by atoms with Crippen LogP contribution in [0, 0.1) is 0 Å². The van der Waals surface area contributed by atoms with Gasteiger partial charge >= 0.3 is 0 Å². The van der Waals surface area contributed by atoms with Crippen molar-refractivity contribution in [3.05, 3.63) is 42.0 Å². The van der Waals surface area contributed by atoms with Crippen LogP contribution in [0.15, 0.2) is 36.4 Å². The van der Waals surface area contributed by atoms with Crippen molar-refractivity contribution in [2.75, 3.05) is 12.4 Å². The van der Waals surface area contributed by atoms with Crippen LogP contribution >= 0.6 is 11.6 Å². The van der Waals surface area contributed by atoms with Crippen molar-refractivity contribution < 1.29 is 9.90 Å². The highest BCUT2D eigenvalue weighted by atomic mass is 35.5. The molecule has 1 unspecified atom stereocenters. The first-order chi connectivity index (χ1) is 9.72. The zero-order valence-electron chi connectivity index (χ0n) is 11.1. The number of carbonyl (C=O) groups is 1. The molecule has 3 nitrogen and oxygen atoms in total. The van der Waals surface area contributed by atoms with E-state index in [1.54, 1.807) is 11.0 Å². The van der Waals surface area contributed by atoms with E-state index < -0.39 is 0 Å². The molecule has 2 aromatic rings. The number of carbonyl (C=O) groups excluding carboxylic acids is 1. The number of benzene rings is 2. The van der Waals surface area contributed by atoms with Crippen LogP contribution in [-0.4, -0.2) is 34.4 Å². The van der Waals surface area contributed by atoms with Gasteiger partial charge in [0.2, 0.25) is 0 Å². The van der Waals surface area contributed by atoms with Crippen LogP contribution in [0.2, 0.25) is 0 Å². The first kappa shape index (κ1) is 13.3. The summed E-state index contributed by atoms with van der Waals surface area (Å²) in [5.74, 6) is 0.379. The van der Waals surface area contributed by atoms with Gasteiger partial charge in [0.05, 0.1) is 5.56 Å². The average molecular weight is 290 g/mol. The number of rotatable bonds is 2. The molecule has 1 atom stereocenters. The monoisotopic (exact) mass is 289 g/mol. The minimum Gasteiger partial charge on any atom is -0.506 e. The van der Waals surface area contributed by atoms with Gasteiger partial charge in [-0.25, -0.2) is 0 Å². The highest BCUT2D eigenvalue weighted by Crippen LogP contribution is 2.31. The maximum Gasteiger partial charge on any atom is 0.257 e. The van der Waals surface area contributed by atoms with Gasteiger partial charge in [0.25, 0.3) is 5.91 Å². The zero-order chi connectivity index (χ0) is 14.1. The van der Waals surface area contributed by atoms with Crippen LogP contribution in [0.5, 0.6) is 5.75 Å². The second kappa shape index (κ2) is 5.33. The van der Waals surface area contributed by atoms with Crippen LogP contribution < -0.4 is 0 Å². The maximum absolute atomic E-state index is 12.6. The number of phenolic OH excluding ortho intramolecular Hbond substituents is 1. The SMILES string of the molecule is O=C(c1ccc2ccccc2c1O)N1CCCC1CCl. The number of phenols is 1. The lowest BCUT2D eigenvalue weighted by molar-refractivity contribution is 0.0746. The molecule has 0 spiro atoms. The molecule has 4 heteroatoms. The number of halogens is 1. The van der Waals surface area contributed by atoms with E-state index in [2.05, 4.69) is 0 Å². The van der Waals surface area contributed by atoms with Gasteiger partial charge in [-0.15, -0.1) is 11.6 Å². The fraction of sp³-hybridized carbons (Fsp3) is 0.312. The number of alkyl halides is 1. The summed E-state index contributed by atoms with van der Waals surface area (Å²) in [7, 11) is 0. The lowest BCUT2D eigenvalue weighted by Gasteiger charge is -2.23. The summed E-state index contributed by atoms with van der Waals surface area (Å²) in [5, 5.41) is 12.0. The van der Waals surface area contributed by atoms with Crippen LogP contribution in [0.1, 0.15) is 23.2 Å². The third kappa shape index (κ3) is 2.12. The van der Waals surface area contributed by atoms with Crippen molar-refractivity contribution in [3.8, 4) is 5.75 Å². The minimum atomic E-state index is -0.128. The predicted molar refractivity (Wildman–Crippen MR) is 80.4 cm³/mol. The second-order valence-corrected chi connectivity index (χ2v) is 5.44. The Morgan fingerprint density at radius 1 is 1.30 bits per heavy atom.